The van der Waals surface area contributed by atoms with Crippen molar-refractivity contribution in [1.82, 2.24) is 19.6 Å². The molecule has 0 atom stereocenters. The summed E-state index contributed by atoms with van der Waals surface area (Å²) in [5.74, 6) is -4.60. The third-order valence-corrected chi connectivity index (χ3v) is 7.82. The predicted molar refractivity (Wildman–Crippen MR) is 193 cm³/mol. The monoisotopic (exact) mass is 756 g/mol. The number of aromatic hydroxyl groups is 2. The highest BCUT2D eigenvalue weighted by atomic mass is 19.4. The minimum Gasteiger partial charge on any atom is -0.503 e. The zero-order valence-electron chi connectivity index (χ0n) is 28.9. The average Bonchev–Trinajstić information content (AvgIpc) is 3.13. The van der Waals surface area contributed by atoms with Crippen molar-refractivity contribution in [1.29, 1.82) is 0 Å². The van der Waals surface area contributed by atoms with Crippen molar-refractivity contribution in [3.8, 4) is 50.9 Å². The van der Waals surface area contributed by atoms with Gasteiger partial charge in [-0.2, -0.15) is 10.2 Å². The van der Waals surface area contributed by atoms with Gasteiger partial charge in [-0.1, -0.05) is 92.7 Å². The van der Waals surface area contributed by atoms with Crippen LogP contribution in [-0.2, 0) is 6.42 Å². The molecule has 4 N–H and O–H groups in total. The Morgan fingerprint density at radius 2 is 1.11 bits per heavy atom. The number of hydrogen-bond donors (Lipinski definition) is 4. The highest BCUT2D eigenvalue weighted by Crippen LogP contribution is 2.36. The van der Waals surface area contributed by atoms with E-state index in [9.17, 15) is 42.6 Å². The minimum absolute atomic E-state index is 0.0484. The zero-order valence-corrected chi connectivity index (χ0v) is 28.9. The molecule has 0 aliphatic rings. The molecule has 0 saturated heterocycles. The van der Waals surface area contributed by atoms with Gasteiger partial charge in [0.2, 0.25) is 11.4 Å². The van der Waals surface area contributed by atoms with Gasteiger partial charge in [-0.05, 0) is 41.7 Å². The van der Waals surface area contributed by atoms with E-state index >= 15 is 0 Å². The van der Waals surface area contributed by atoms with Crippen LogP contribution in [0.5, 0.6) is 17.2 Å². The fourth-order valence-corrected chi connectivity index (χ4v) is 5.50. The van der Waals surface area contributed by atoms with Crippen molar-refractivity contribution in [2.45, 2.75) is 26.6 Å². The van der Waals surface area contributed by atoms with Crippen LogP contribution in [0.2, 0.25) is 0 Å². The van der Waals surface area contributed by atoms with E-state index in [0.717, 1.165) is 40.7 Å². The van der Waals surface area contributed by atoms with E-state index in [4.69, 9.17) is 10.2 Å². The number of ether oxygens (including phenoxy) is 1. The number of carbonyl (C=O) groups is 2. The van der Waals surface area contributed by atoms with Gasteiger partial charge in [0.25, 0.3) is 10.9 Å². The van der Waals surface area contributed by atoms with Gasteiger partial charge in [-0.3, -0.25) is 9.59 Å². The van der Waals surface area contributed by atoms with E-state index in [0.29, 0.717) is 11.6 Å². The lowest BCUT2D eigenvalue weighted by atomic mass is 9.98. The Labute approximate surface area is 309 Å². The van der Waals surface area contributed by atoms with Crippen LogP contribution in [-0.4, -0.2) is 58.3 Å². The third kappa shape index (κ3) is 9.23. The summed E-state index contributed by atoms with van der Waals surface area (Å²) in [7, 11) is 0. The molecule has 0 aliphatic heterocycles. The highest BCUT2D eigenvalue weighted by Gasteiger charge is 2.32. The van der Waals surface area contributed by atoms with Crippen LogP contribution < -0.4 is 15.6 Å². The average molecular weight is 757 g/mol. The highest BCUT2D eigenvalue weighted by molar-refractivity contribution is 5.86. The first-order chi connectivity index (χ1) is 26.0. The molecule has 6 aromatic rings. The van der Waals surface area contributed by atoms with Crippen LogP contribution in [0.4, 0.5) is 13.2 Å². The molecule has 0 radical (unpaired) electrons. The summed E-state index contributed by atoms with van der Waals surface area (Å²) in [6.07, 6.45) is -1.93. The van der Waals surface area contributed by atoms with Gasteiger partial charge in [0, 0.05) is 16.7 Å². The molecule has 0 fully saturated rings. The van der Waals surface area contributed by atoms with Gasteiger partial charge in [0.05, 0.1) is 23.8 Å². The second-order valence-electron chi connectivity index (χ2n) is 12.3. The van der Waals surface area contributed by atoms with E-state index in [2.05, 4.69) is 40.9 Å². The van der Waals surface area contributed by atoms with Crippen LogP contribution in [0.25, 0.3) is 33.6 Å². The topological polar surface area (TPSA) is 194 Å². The second kappa shape index (κ2) is 16.2. The van der Waals surface area contributed by atoms with E-state index in [-0.39, 0.29) is 16.8 Å². The minimum atomic E-state index is -4.92. The SMILES string of the molecule is CC(C)Cc1ccc(-c2ccccc2-n2cc(O)c(=O)c(C(=O)O)n2)cc1.O=C(O)c1nn(-c2ccccc2-c2ccccc2OC(F)(F)F)cc(O)c1=O. The number of alkyl halides is 3. The summed E-state index contributed by atoms with van der Waals surface area (Å²) in [6.45, 7) is 4.33. The number of nitrogens with zero attached hydrogens (tertiary/aromatic N) is 4. The predicted octanol–water partition coefficient (Wildman–Crippen LogP) is 6.70. The summed E-state index contributed by atoms with van der Waals surface area (Å²) >= 11 is 0. The van der Waals surface area contributed by atoms with Gasteiger partial charge in [0.15, 0.2) is 11.5 Å². The van der Waals surface area contributed by atoms with E-state index in [1.807, 2.05) is 24.3 Å². The number of carboxylic acid groups (broad SMARTS) is 2. The lowest BCUT2D eigenvalue weighted by Gasteiger charge is -2.16. The van der Waals surface area contributed by atoms with Crippen LogP contribution in [0.1, 0.15) is 40.4 Å². The molecule has 6 rings (SSSR count). The van der Waals surface area contributed by atoms with Crippen molar-refractivity contribution in [2.75, 3.05) is 0 Å². The number of hydrogen-bond acceptors (Lipinski definition) is 9. The summed E-state index contributed by atoms with van der Waals surface area (Å²) < 4.78 is 44.4. The van der Waals surface area contributed by atoms with Gasteiger partial charge in [-0.15, -0.1) is 13.2 Å². The summed E-state index contributed by atoms with van der Waals surface area (Å²) in [6, 6.07) is 26.7. The smallest absolute Gasteiger partial charge is 0.503 e. The third-order valence-electron chi connectivity index (χ3n) is 7.82. The molecule has 0 saturated carbocycles. The van der Waals surface area contributed by atoms with Crippen LogP contribution in [0.15, 0.2) is 119 Å². The molecule has 0 amide bonds. The zero-order chi connectivity index (χ0) is 40.0. The maximum atomic E-state index is 12.7. The molecule has 4 aromatic carbocycles. The number of aromatic nitrogens is 4. The molecule has 13 nitrogen and oxygen atoms in total. The van der Waals surface area contributed by atoms with Gasteiger partial charge in [-0.25, -0.2) is 19.0 Å². The van der Waals surface area contributed by atoms with Gasteiger partial charge in [0.1, 0.15) is 5.75 Å². The Balaban J connectivity index is 0.000000211. The Hall–Kier alpha value is -7.23. The number of para-hydroxylation sites is 3. The second-order valence-corrected chi connectivity index (χ2v) is 12.3. The maximum absolute atomic E-state index is 12.7. The first-order valence-electron chi connectivity index (χ1n) is 16.3. The molecule has 282 valence electrons. The maximum Gasteiger partial charge on any atom is 0.573 e. The molecule has 2 heterocycles. The van der Waals surface area contributed by atoms with Crippen molar-refractivity contribution < 1.29 is 47.9 Å². The molecular formula is C39H31F3N4O9. The van der Waals surface area contributed by atoms with E-state index in [1.165, 1.54) is 46.6 Å². The van der Waals surface area contributed by atoms with Crippen molar-refractivity contribution in [3.63, 3.8) is 0 Å². The van der Waals surface area contributed by atoms with Gasteiger partial charge < -0.3 is 25.2 Å². The molecule has 0 spiro atoms. The Bertz CT molecular complexity index is 2500. The molecule has 0 aliphatic carbocycles. The molecular weight excluding hydrogens is 725 g/mol. The Kier molecular flexibility index (Phi) is 11.5. The van der Waals surface area contributed by atoms with Crippen LogP contribution >= 0.6 is 0 Å². The van der Waals surface area contributed by atoms with Crippen molar-refractivity contribution in [2.24, 2.45) is 5.92 Å². The van der Waals surface area contributed by atoms with Gasteiger partial charge >= 0.3 is 18.3 Å². The number of aromatic carboxylic acids is 2. The van der Waals surface area contributed by atoms with Crippen molar-refractivity contribution >= 4 is 11.9 Å². The standard InChI is InChI=1S/C21H20N2O4.C18H11F3N2O5/c1-13(2)11-14-7-9-15(10-8-14)16-5-3-4-6-17(16)23-12-18(24)20(25)19(22-23)21(26)27;19-18(20,21)28-14-8-4-2-6-11(14)10-5-1-3-7-12(10)23-9-13(24)16(25)15(22-23)17(26)27/h3-10,12-13,24H,11H2,1-2H3,(H,26,27);1-9,24H,(H,26,27). The summed E-state index contributed by atoms with van der Waals surface area (Å²) in [4.78, 5) is 45.9. The molecule has 16 heteroatoms. The van der Waals surface area contributed by atoms with E-state index in [1.54, 1.807) is 18.2 Å². The number of rotatable bonds is 9. The fourth-order valence-electron chi connectivity index (χ4n) is 5.50. The Morgan fingerprint density at radius 3 is 1.58 bits per heavy atom. The molecule has 55 heavy (non-hydrogen) atoms. The largest absolute Gasteiger partial charge is 0.573 e. The number of halogens is 3. The van der Waals surface area contributed by atoms with E-state index < -0.39 is 57.8 Å². The first kappa shape index (κ1) is 39.0. The Morgan fingerprint density at radius 1 is 0.673 bits per heavy atom. The molecule has 0 bridgehead atoms. The lowest BCUT2D eigenvalue weighted by Crippen LogP contribution is -2.21. The van der Waals surface area contributed by atoms with Crippen LogP contribution in [0, 0.1) is 5.92 Å². The van der Waals surface area contributed by atoms with Crippen molar-refractivity contribution in [3.05, 3.63) is 147 Å². The van der Waals surface area contributed by atoms with Crippen LogP contribution in [0.3, 0.4) is 0 Å². The lowest BCUT2D eigenvalue weighted by molar-refractivity contribution is -0.274. The number of carboxylic acids is 2. The summed E-state index contributed by atoms with van der Waals surface area (Å²) in [5.41, 5.74) is 0.0592. The normalized spacial score (nSPS) is 11.1. The quantitative estimate of drug-likeness (QED) is 0.123. The first-order valence-corrected chi connectivity index (χ1v) is 16.3. The fraction of sp³-hybridized carbons (Fsp3) is 0.128. The molecule has 0 unspecified atom stereocenters. The summed E-state index contributed by atoms with van der Waals surface area (Å²) in [5, 5.41) is 45.4. The number of benzene rings is 4. The molecule has 2 aromatic heterocycles.